The second-order valence-electron chi connectivity index (χ2n) is 4.68. The molecule has 1 aromatic rings. The van der Waals surface area contributed by atoms with Gasteiger partial charge in [-0.1, -0.05) is 30.3 Å². The molecule has 0 aromatic heterocycles. The summed E-state index contributed by atoms with van der Waals surface area (Å²) in [6.07, 6.45) is 0.960. The molecule has 0 saturated carbocycles. The molecule has 3 atom stereocenters. The summed E-state index contributed by atoms with van der Waals surface area (Å²) in [5.41, 5.74) is 6.68. The number of hydrogen-bond donors (Lipinski definition) is 2. The van der Waals surface area contributed by atoms with Gasteiger partial charge in [0.25, 0.3) is 0 Å². The van der Waals surface area contributed by atoms with Crippen LogP contribution in [0.4, 0.5) is 0 Å². The first kappa shape index (κ1) is 16.0. The van der Waals surface area contributed by atoms with Gasteiger partial charge >= 0.3 is 0 Å². The summed E-state index contributed by atoms with van der Waals surface area (Å²) in [6, 6.07) is 9.76. The van der Waals surface area contributed by atoms with Gasteiger partial charge in [0, 0.05) is 13.2 Å². The number of halogens is 1. The Morgan fingerprint density at radius 2 is 2.16 bits per heavy atom. The van der Waals surface area contributed by atoms with Crippen molar-refractivity contribution in [2.45, 2.75) is 31.4 Å². The zero-order valence-corrected chi connectivity index (χ0v) is 11.9. The van der Waals surface area contributed by atoms with Crippen molar-refractivity contribution in [3.05, 3.63) is 35.9 Å². The van der Waals surface area contributed by atoms with E-state index in [9.17, 15) is 4.79 Å². The van der Waals surface area contributed by atoms with Gasteiger partial charge in [0.2, 0.25) is 5.91 Å². The van der Waals surface area contributed by atoms with Crippen LogP contribution in [0.25, 0.3) is 0 Å². The highest BCUT2D eigenvalue weighted by molar-refractivity contribution is 5.85. The second kappa shape index (κ2) is 7.48. The molecule has 1 aliphatic heterocycles. The molecule has 19 heavy (non-hydrogen) atoms. The molecule has 1 saturated heterocycles. The van der Waals surface area contributed by atoms with Gasteiger partial charge < -0.3 is 15.8 Å². The van der Waals surface area contributed by atoms with E-state index in [1.165, 1.54) is 0 Å². The van der Waals surface area contributed by atoms with Gasteiger partial charge in [-0.25, -0.2) is 0 Å². The van der Waals surface area contributed by atoms with E-state index in [2.05, 4.69) is 5.32 Å². The van der Waals surface area contributed by atoms with E-state index in [1.807, 2.05) is 37.3 Å². The second-order valence-corrected chi connectivity index (χ2v) is 4.68. The Hall–Kier alpha value is -1.10. The smallest absolute Gasteiger partial charge is 0.229 e. The minimum absolute atomic E-state index is 0. The zero-order chi connectivity index (χ0) is 13.0. The molecule has 0 aliphatic carbocycles. The topological polar surface area (TPSA) is 64.3 Å². The molecule has 2 rings (SSSR count). The van der Waals surface area contributed by atoms with Crippen LogP contribution in [0, 0.1) is 0 Å². The van der Waals surface area contributed by atoms with Gasteiger partial charge in [0.15, 0.2) is 0 Å². The van der Waals surface area contributed by atoms with Gasteiger partial charge in [0.1, 0.15) is 0 Å². The first-order valence-electron chi connectivity index (χ1n) is 6.39. The molecule has 5 heteroatoms. The quantitative estimate of drug-likeness (QED) is 0.879. The highest BCUT2D eigenvalue weighted by Gasteiger charge is 2.28. The minimum Gasteiger partial charge on any atom is -0.376 e. The number of hydrogen-bond acceptors (Lipinski definition) is 3. The molecule has 1 aliphatic rings. The fraction of sp³-hybridized carbons (Fsp3) is 0.500. The Morgan fingerprint density at radius 3 is 2.68 bits per heavy atom. The van der Waals surface area contributed by atoms with Crippen LogP contribution in [-0.4, -0.2) is 31.2 Å². The highest BCUT2D eigenvalue weighted by Crippen LogP contribution is 2.17. The van der Waals surface area contributed by atoms with Crippen molar-refractivity contribution in [3.8, 4) is 0 Å². The third kappa shape index (κ3) is 3.93. The Bertz CT molecular complexity index is 400. The summed E-state index contributed by atoms with van der Waals surface area (Å²) in [7, 11) is 0. The van der Waals surface area contributed by atoms with Crippen molar-refractivity contribution in [2.24, 2.45) is 5.73 Å². The predicted molar refractivity (Wildman–Crippen MR) is 77.4 cm³/mol. The fourth-order valence-electron chi connectivity index (χ4n) is 2.28. The lowest BCUT2D eigenvalue weighted by Crippen LogP contribution is -2.43. The van der Waals surface area contributed by atoms with Gasteiger partial charge in [-0.3, -0.25) is 4.79 Å². The maximum atomic E-state index is 12.2. The number of amides is 1. The van der Waals surface area contributed by atoms with Crippen LogP contribution in [0.5, 0.6) is 0 Å². The van der Waals surface area contributed by atoms with Crippen molar-refractivity contribution in [1.82, 2.24) is 5.32 Å². The molecule has 0 radical (unpaired) electrons. The van der Waals surface area contributed by atoms with E-state index in [1.54, 1.807) is 0 Å². The number of carbonyl (C=O) groups excluding carboxylic acids is 1. The van der Waals surface area contributed by atoms with Crippen LogP contribution in [0.1, 0.15) is 24.8 Å². The van der Waals surface area contributed by atoms with E-state index in [4.69, 9.17) is 10.5 Å². The Kier molecular flexibility index (Phi) is 6.28. The summed E-state index contributed by atoms with van der Waals surface area (Å²) >= 11 is 0. The average Bonchev–Trinajstić information content (AvgIpc) is 2.77. The lowest BCUT2D eigenvalue weighted by atomic mass is 9.97. The maximum absolute atomic E-state index is 12.2. The molecule has 4 nitrogen and oxygen atoms in total. The number of rotatable bonds is 4. The van der Waals surface area contributed by atoms with E-state index >= 15 is 0 Å². The van der Waals surface area contributed by atoms with E-state index in [0.717, 1.165) is 12.0 Å². The third-order valence-corrected chi connectivity index (χ3v) is 3.46. The van der Waals surface area contributed by atoms with Gasteiger partial charge in [0.05, 0.1) is 18.1 Å². The number of nitrogens with two attached hydrogens (primary N) is 1. The summed E-state index contributed by atoms with van der Waals surface area (Å²) in [4.78, 5) is 12.2. The van der Waals surface area contributed by atoms with Crippen LogP contribution in [0.2, 0.25) is 0 Å². The molecule has 0 bridgehead atoms. The fourth-order valence-corrected chi connectivity index (χ4v) is 2.28. The Balaban J connectivity index is 0.00000180. The van der Waals surface area contributed by atoms with Gasteiger partial charge in [-0.15, -0.1) is 12.4 Å². The molecular formula is C14H21ClN2O2. The minimum atomic E-state index is -0.279. The standard InChI is InChI=1S/C14H20N2O2.ClH/c1-10-13(7-8-18-10)16-14(17)12(9-15)11-5-3-2-4-6-11;/h2-6,10,12-13H,7-9,15H2,1H3,(H,16,17);1H. The lowest BCUT2D eigenvalue weighted by Gasteiger charge is -2.20. The van der Waals surface area contributed by atoms with Gasteiger partial charge in [-0.05, 0) is 18.9 Å². The largest absolute Gasteiger partial charge is 0.376 e. The summed E-state index contributed by atoms with van der Waals surface area (Å²) in [5.74, 6) is -0.287. The van der Waals surface area contributed by atoms with Crippen LogP contribution in [0.15, 0.2) is 30.3 Å². The van der Waals surface area contributed by atoms with E-state index in [0.29, 0.717) is 13.2 Å². The van der Waals surface area contributed by atoms with Crippen molar-refractivity contribution < 1.29 is 9.53 Å². The molecule has 1 aromatic carbocycles. The predicted octanol–water partition coefficient (Wildman–Crippen LogP) is 1.44. The first-order valence-corrected chi connectivity index (χ1v) is 6.39. The van der Waals surface area contributed by atoms with Gasteiger partial charge in [-0.2, -0.15) is 0 Å². The maximum Gasteiger partial charge on any atom is 0.229 e. The lowest BCUT2D eigenvalue weighted by molar-refractivity contribution is -0.123. The molecule has 1 amide bonds. The molecule has 0 spiro atoms. The van der Waals surface area contributed by atoms with Crippen LogP contribution in [0.3, 0.4) is 0 Å². The molecule has 3 N–H and O–H groups in total. The third-order valence-electron chi connectivity index (χ3n) is 3.46. The first-order chi connectivity index (χ1) is 8.72. The van der Waals surface area contributed by atoms with Crippen LogP contribution in [-0.2, 0) is 9.53 Å². The molecule has 3 unspecified atom stereocenters. The van der Waals surface area contributed by atoms with Crippen molar-refractivity contribution in [3.63, 3.8) is 0 Å². The number of benzene rings is 1. The van der Waals surface area contributed by atoms with Crippen molar-refractivity contribution in [1.29, 1.82) is 0 Å². The van der Waals surface area contributed by atoms with Crippen LogP contribution >= 0.6 is 12.4 Å². The Labute approximate surface area is 120 Å². The van der Waals surface area contributed by atoms with Crippen molar-refractivity contribution >= 4 is 18.3 Å². The number of ether oxygens (including phenoxy) is 1. The van der Waals surface area contributed by atoms with Crippen molar-refractivity contribution in [2.75, 3.05) is 13.2 Å². The molecule has 106 valence electrons. The summed E-state index contributed by atoms with van der Waals surface area (Å²) in [5, 5.41) is 3.03. The molecule has 1 heterocycles. The summed E-state index contributed by atoms with van der Waals surface area (Å²) in [6.45, 7) is 3.01. The number of nitrogens with one attached hydrogen (secondary N) is 1. The molecular weight excluding hydrogens is 264 g/mol. The van der Waals surface area contributed by atoms with E-state index in [-0.39, 0.29) is 36.4 Å². The SMILES string of the molecule is CC1OCCC1NC(=O)C(CN)c1ccccc1.Cl. The Morgan fingerprint density at radius 1 is 1.47 bits per heavy atom. The number of carbonyl (C=O) groups is 1. The van der Waals surface area contributed by atoms with Crippen LogP contribution < -0.4 is 11.1 Å². The summed E-state index contributed by atoms with van der Waals surface area (Å²) < 4.78 is 5.44. The molecule has 1 fully saturated rings. The monoisotopic (exact) mass is 284 g/mol. The highest BCUT2D eigenvalue weighted by atomic mass is 35.5. The normalized spacial score (nSPS) is 23.5. The van der Waals surface area contributed by atoms with E-state index < -0.39 is 0 Å². The zero-order valence-electron chi connectivity index (χ0n) is 11.0. The average molecular weight is 285 g/mol.